The lowest BCUT2D eigenvalue weighted by molar-refractivity contribution is 0.0986. The molecule has 2 rings (SSSR count). The molecule has 0 aliphatic heterocycles. The minimum atomic E-state index is -0.724. The molecule has 15 heavy (non-hydrogen) atoms. The van der Waals surface area contributed by atoms with Crippen molar-refractivity contribution in [1.29, 1.82) is 0 Å². The largest absolute Gasteiger partial charge is 0.490 e. The van der Waals surface area contributed by atoms with Gasteiger partial charge in [-0.25, -0.2) is 0 Å². The first kappa shape index (κ1) is 9.64. The van der Waals surface area contributed by atoms with Crippen molar-refractivity contribution < 1.29 is 14.3 Å². The van der Waals surface area contributed by atoms with Gasteiger partial charge in [0.1, 0.15) is 11.4 Å². The van der Waals surface area contributed by atoms with Gasteiger partial charge < -0.3 is 10.5 Å². The molecule has 0 atom stereocenters. The Hall–Kier alpha value is -1.91. The van der Waals surface area contributed by atoms with Crippen molar-refractivity contribution in [1.82, 2.24) is 4.98 Å². The molecule has 1 amide bonds. The standard InChI is InChI=1S/C10H10N2O3/c11-10(14)9-7(5-13)8(3-4-12-9)15-6-1-2-6/h3-6H,1-2H2,(H2,11,14). The smallest absolute Gasteiger partial charge is 0.268 e. The number of nitrogens with zero attached hydrogens (tertiary/aromatic N) is 1. The molecule has 1 aliphatic rings. The number of nitrogens with two attached hydrogens (primary N) is 1. The molecule has 0 unspecified atom stereocenters. The highest BCUT2D eigenvalue weighted by molar-refractivity contribution is 6.00. The lowest BCUT2D eigenvalue weighted by Crippen LogP contribution is -2.16. The third-order valence-corrected chi connectivity index (χ3v) is 2.12. The van der Waals surface area contributed by atoms with Crippen LogP contribution in [-0.2, 0) is 0 Å². The maximum atomic E-state index is 11.0. The van der Waals surface area contributed by atoms with Gasteiger partial charge in [-0.1, -0.05) is 0 Å². The summed E-state index contributed by atoms with van der Waals surface area (Å²) in [7, 11) is 0. The highest BCUT2D eigenvalue weighted by Crippen LogP contribution is 2.29. The Labute approximate surface area is 86.2 Å². The summed E-state index contributed by atoms with van der Waals surface area (Å²) < 4.78 is 5.46. The number of aromatic nitrogens is 1. The minimum absolute atomic E-state index is 0.0387. The van der Waals surface area contributed by atoms with Gasteiger partial charge in [0.05, 0.1) is 11.7 Å². The molecule has 1 aromatic heterocycles. The van der Waals surface area contributed by atoms with Crippen LogP contribution in [0.3, 0.4) is 0 Å². The molecule has 0 bridgehead atoms. The molecule has 5 heteroatoms. The van der Waals surface area contributed by atoms with Gasteiger partial charge in [-0.05, 0) is 18.9 Å². The number of hydrogen-bond donors (Lipinski definition) is 1. The number of pyridine rings is 1. The first-order valence-electron chi connectivity index (χ1n) is 4.63. The van der Waals surface area contributed by atoms with E-state index >= 15 is 0 Å². The van der Waals surface area contributed by atoms with Crippen molar-refractivity contribution in [3.63, 3.8) is 0 Å². The third kappa shape index (κ3) is 1.96. The van der Waals surface area contributed by atoms with E-state index in [4.69, 9.17) is 10.5 Å². The molecule has 0 aromatic carbocycles. The summed E-state index contributed by atoms with van der Waals surface area (Å²) >= 11 is 0. The molecule has 1 fully saturated rings. The molecule has 2 N–H and O–H groups in total. The van der Waals surface area contributed by atoms with Crippen LogP contribution in [-0.4, -0.2) is 23.3 Å². The van der Waals surface area contributed by atoms with E-state index in [1.54, 1.807) is 6.07 Å². The second-order valence-corrected chi connectivity index (χ2v) is 3.37. The summed E-state index contributed by atoms with van der Waals surface area (Å²) in [4.78, 5) is 25.6. The van der Waals surface area contributed by atoms with Crippen LogP contribution in [0.5, 0.6) is 5.75 Å². The van der Waals surface area contributed by atoms with Crippen molar-refractivity contribution in [2.24, 2.45) is 5.73 Å². The SMILES string of the molecule is NC(=O)c1nccc(OC2CC2)c1C=O. The van der Waals surface area contributed by atoms with Crippen LogP contribution in [0.15, 0.2) is 12.3 Å². The molecule has 0 spiro atoms. The molecular weight excluding hydrogens is 196 g/mol. The molecule has 78 valence electrons. The van der Waals surface area contributed by atoms with E-state index in [0.29, 0.717) is 12.0 Å². The summed E-state index contributed by atoms with van der Waals surface area (Å²) in [6.45, 7) is 0. The summed E-state index contributed by atoms with van der Waals surface area (Å²) in [5, 5.41) is 0. The van der Waals surface area contributed by atoms with Crippen molar-refractivity contribution >= 4 is 12.2 Å². The number of hydrogen-bond acceptors (Lipinski definition) is 4. The molecular formula is C10H10N2O3. The maximum absolute atomic E-state index is 11.0. The number of ether oxygens (including phenoxy) is 1. The normalized spacial score (nSPS) is 14.7. The number of carbonyl (C=O) groups is 2. The van der Waals surface area contributed by atoms with E-state index in [0.717, 1.165) is 12.8 Å². The summed E-state index contributed by atoms with van der Waals surface area (Å²) in [6.07, 6.45) is 4.07. The fraction of sp³-hybridized carbons (Fsp3) is 0.300. The third-order valence-electron chi connectivity index (χ3n) is 2.12. The van der Waals surface area contributed by atoms with E-state index in [9.17, 15) is 9.59 Å². The van der Waals surface area contributed by atoms with E-state index in [1.165, 1.54) is 6.20 Å². The van der Waals surface area contributed by atoms with Crippen LogP contribution in [0.25, 0.3) is 0 Å². The Kier molecular flexibility index (Phi) is 2.37. The highest BCUT2D eigenvalue weighted by Gasteiger charge is 2.25. The maximum Gasteiger partial charge on any atom is 0.268 e. The Balaban J connectivity index is 2.38. The Morgan fingerprint density at radius 1 is 1.60 bits per heavy atom. The number of aldehydes is 1. The molecule has 1 aliphatic carbocycles. The summed E-state index contributed by atoms with van der Waals surface area (Å²) in [5.74, 6) is -0.338. The van der Waals surface area contributed by atoms with Gasteiger partial charge in [-0.15, -0.1) is 0 Å². The Bertz CT molecular complexity index is 413. The molecule has 1 aromatic rings. The van der Waals surface area contributed by atoms with Crippen LogP contribution in [0.4, 0.5) is 0 Å². The average molecular weight is 206 g/mol. The summed E-state index contributed by atoms with van der Waals surface area (Å²) in [6, 6.07) is 1.56. The van der Waals surface area contributed by atoms with Gasteiger partial charge in [0.15, 0.2) is 6.29 Å². The topological polar surface area (TPSA) is 82.3 Å². The van der Waals surface area contributed by atoms with E-state index in [-0.39, 0.29) is 17.4 Å². The quantitative estimate of drug-likeness (QED) is 0.728. The minimum Gasteiger partial charge on any atom is -0.490 e. The monoisotopic (exact) mass is 206 g/mol. The number of primary amides is 1. The second kappa shape index (κ2) is 3.68. The fourth-order valence-electron chi connectivity index (χ4n) is 1.23. The number of amides is 1. The molecule has 5 nitrogen and oxygen atoms in total. The zero-order valence-electron chi connectivity index (χ0n) is 7.97. The van der Waals surface area contributed by atoms with Crippen molar-refractivity contribution in [3.05, 3.63) is 23.5 Å². The van der Waals surface area contributed by atoms with Crippen LogP contribution in [0.1, 0.15) is 33.7 Å². The Morgan fingerprint density at radius 2 is 2.33 bits per heavy atom. The van der Waals surface area contributed by atoms with Gasteiger partial charge in [0.2, 0.25) is 0 Å². The molecule has 0 saturated heterocycles. The predicted octanol–water partition coefficient (Wildman–Crippen LogP) is 0.534. The predicted molar refractivity (Wildman–Crippen MR) is 51.8 cm³/mol. The first-order valence-corrected chi connectivity index (χ1v) is 4.63. The van der Waals surface area contributed by atoms with Crippen molar-refractivity contribution in [2.45, 2.75) is 18.9 Å². The van der Waals surface area contributed by atoms with Gasteiger partial charge in [-0.3, -0.25) is 14.6 Å². The lowest BCUT2D eigenvalue weighted by Gasteiger charge is -2.08. The van der Waals surface area contributed by atoms with E-state index < -0.39 is 5.91 Å². The van der Waals surface area contributed by atoms with Crippen LogP contribution in [0.2, 0.25) is 0 Å². The fourth-order valence-corrected chi connectivity index (χ4v) is 1.23. The molecule has 0 radical (unpaired) electrons. The Morgan fingerprint density at radius 3 is 2.87 bits per heavy atom. The summed E-state index contributed by atoms with van der Waals surface area (Å²) in [5.41, 5.74) is 5.19. The van der Waals surface area contributed by atoms with Crippen LogP contribution < -0.4 is 10.5 Å². The van der Waals surface area contributed by atoms with Crippen molar-refractivity contribution in [2.75, 3.05) is 0 Å². The van der Waals surface area contributed by atoms with E-state index in [2.05, 4.69) is 4.98 Å². The zero-order chi connectivity index (χ0) is 10.8. The number of carbonyl (C=O) groups excluding carboxylic acids is 2. The van der Waals surface area contributed by atoms with Gasteiger partial charge in [-0.2, -0.15) is 0 Å². The highest BCUT2D eigenvalue weighted by atomic mass is 16.5. The molecule has 1 heterocycles. The average Bonchev–Trinajstić information content (AvgIpc) is 3.01. The molecule has 1 saturated carbocycles. The second-order valence-electron chi connectivity index (χ2n) is 3.37. The van der Waals surface area contributed by atoms with E-state index in [1.807, 2.05) is 0 Å². The van der Waals surface area contributed by atoms with Crippen LogP contribution in [0, 0.1) is 0 Å². The van der Waals surface area contributed by atoms with Gasteiger partial charge in [0.25, 0.3) is 5.91 Å². The van der Waals surface area contributed by atoms with Crippen LogP contribution >= 0.6 is 0 Å². The zero-order valence-corrected chi connectivity index (χ0v) is 7.97. The van der Waals surface area contributed by atoms with Gasteiger partial charge >= 0.3 is 0 Å². The van der Waals surface area contributed by atoms with Gasteiger partial charge in [0, 0.05) is 6.20 Å². The number of rotatable bonds is 4. The first-order chi connectivity index (χ1) is 7.22. The lowest BCUT2D eigenvalue weighted by atomic mass is 10.2. The van der Waals surface area contributed by atoms with Crippen molar-refractivity contribution in [3.8, 4) is 5.75 Å².